The van der Waals surface area contributed by atoms with Crippen LogP contribution in [0, 0.1) is 0 Å². The van der Waals surface area contributed by atoms with Gasteiger partial charge in [0.1, 0.15) is 0 Å². The maximum absolute atomic E-state index is 10.8. The van der Waals surface area contributed by atoms with Crippen molar-refractivity contribution in [3.05, 3.63) is 28.6 Å². The molecule has 0 aliphatic carbocycles. The fourth-order valence-corrected chi connectivity index (χ4v) is 0.854. The minimum atomic E-state index is -0.183. The lowest BCUT2D eigenvalue weighted by atomic mass is 10.3. The highest BCUT2D eigenvalue weighted by atomic mass is 16.1. The maximum Gasteiger partial charge on any atom is 0.248 e. The van der Waals surface area contributed by atoms with Crippen LogP contribution in [0.3, 0.4) is 0 Å². The normalized spacial score (nSPS) is 10.0. The van der Waals surface area contributed by atoms with Gasteiger partial charge >= 0.3 is 0 Å². The molecule has 0 aliphatic rings. The summed E-state index contributed by atoms with van der Waals surface area (Å²) in [6, 6.07) is 4.75. The first-order valence-electron chi connectivity index (χ1n) is 3.29. The molecule has 2 rings (SSSR count). The summed E-state index contributed by atoms with van der Waals surface area (Å²) in [4.78, 5) is 13.4. The first kappa shape index (κ1) is 6.71. The molecule has 0 saturated carbocycles. The average Bonchev–Trinajstić information content (AvgIpc) is 2.56. The molecule has 2 heterocycles. The predicted octanol–water partition coefficient (Wildman–Crippen LogP) is -0.445. The molecule has 0 spiro atoms. The molecule has 2 aromatic rings. The molecule has 0 fully saturated rings. The summed E-state index contributed by atoms with van der Waals surface area (Å²) < 4.78 is 0. The van der Waals surface area contributed by atoms with Crippen LogP contribution in [0.15, 0.2) is 23.0 Å². The molecule has 2 aromatic heterocycles. The number of hydrogen-bond donors (Lipinski definition) is 2. The van der Waals surface area contributed by atoms with Crippen molar-refractivity contribution in [1.82, 2.24) is 25.6 Å². The lowest BCUT2D eigenvalue weighted by Crippen LogP contribution is -2.03. The van der Waals surface area contributed by atoms with E-state index in [1.807, 2.05) is 0 Å². The molecule has 60 valence electrons. The highest BCUT2D eigenvalue weighted by molar-refractivity contribution is 5.46. The van der Waals surface area contributed by atoms with Crippen molar-refractivity contribution in [2.75, 3.05) is 0 Å². The monoisotopic (exact) mass is 163 g/mol. The minimum Gasteiger partial charge on any atom is -0.319 e. The first-order valence-corrected chi connectivity index (χ1v) is 3.29. The van der Waals surface area contributed by atoms with E-state index < -0.39 is 0 Å². The van der Waals surface area contributed by atoms with E-state index in [2.05, 4.69) is 25.6 Å². The Hall–Kier alpha value is -1.98. The second kappa shape index (κ2) is 2.57. The molecule has 0 aliphatic heterocycles. The number of nitrogens with one attached hydrogen (secondary N) is 2. The van der Waals surface area contributed by atoms with E-state index in [9.17, 15) is 4.79 Å². The third-order valence-corrected chi connectivity index (χ3v) is 1.35. The zero-order chi connectivity index (χ0) is 8.39. The minimum absolute atomic E-state index is 0.183. The summed E-state index contributed by atoms with van der Waals surface area (Å²) in [6.45, 7) is 0. The van der Waals surface area contributed by atoms with E-state index in [-0.39, 0.29) is 5.56 Å². The topological polar surface area (TPSA) is 87.3 Å². The van der Waals surface area contributed by atoms with Crippen molar-refractivity contribution in [2.24, 2.45) is 0 Å². The van der Waals surface area contributed by atoms with Crippen LogP contribution in [-0.2, 0) is 0 Å². The second-order valence-electron chi connectivity index (χ2n) is 2.16. The van der Waals surface area contributed by atoms with Gasteiger partial charge in [-0.25, -0.2) is 0 Å². The van der Waals surface area contributed by atoms with Gasteiger partial charge in [0.2, 0.25) is 11.4 Å². The zero-order valence-electron chi connectivity index (χ0n) is 5.98. The Morgan fingerprint density at radius 2 is 2.25 bits per heavy atom. The summed E-state index contributed by atoms with van der Waals surface area (Å²) in [7, 11) is 0. The second-order valence-corrected chi connectivity index (χ2v) is 2.16. The number of aromatic amines is 2. The number of tetrazole rings is 1. The van der Waals surface area contributed by atoms with Crippen molar-refractivity contribution in [1.29, 1.82) is 0 Å². The van der Waals surface area contributed by atoms with Gasteiger partial charge in [0.15, 0.2) is 0 Å². The number of hydrogen-bond acceptors (Lipinski definition) is 4. The van der Waals surface area contributed by atoms with Crippen LogP contribution < -0.4 is 5.56 Å². The Labute approximate surface area is 66.6 Å². The highest BCUT2D eigenvalue weighted by Crippen LogP contribution is 2.04. The van der Waals surface area contributed by atoms with Crippen molar-refractivity contribution in [3.63, 3.8) is 0 Å². The molecule has 0 aromatic carbocycles. The Balaban J connectivity index is 2.55. The summed E-state index contributed by atoms with van der Waals surface area (Å²) >= 11 is 0. The Bertz CT molecular complexity index is 418. The van der Waals surface area contributed by atoms with Gasteiger partial charge in [0.05, 0.1) is 5.69 Å². The molecule has 0 atom stereocenters. The Morgan fingerprint density at radius 1 is 1.33 bits per heavy atom. The van der Waals surface area contributed by atoms with Gasteiger partial charge in [-0.2, -0.15) is 5.21 Å². The summed E-state index contributed by atoms with van der Waals surface area (Å²) in [5.74, 6) is 0.382. The highest BCUT2D eigenvalue weighted by Gasteiger charge is 2.01. The van der Waals surface area contributed by atoms with E-state index in [0.717, 1.165) is 0 Å². The summed E-state index contributed by atoms with van der Waals surface area (Å²) in [5.41, 5.74) is 0.369. The molecule has 0 amide bonds. The predicted molar refractivity (Wildman–Crippen MR) is 40.2 cm³/mol. The van der Waals surface area contributed by atoms with Crippen LogP contribution in [0.25, 0.3) is 11.5 Å². The van der Waals surface area contributed by atoms with Gasteiger partial charge in [0, 0.05) is 6.07 Å². The van der Waals surface area contributed by atoms with E-state index >= 15 is 0 Å². The lowest BCUT2D eigenvalue weighted by Gasteiger charge is -1.90. The van der Waals surface area contributed by atoms with E-state index in [4.69, 9.17) is 0 Å². The number of aromatic nitrogens is 5. The molecule has 2 N–H and O–H groups in total. The third-order valence-electron chi connectivity index (χ3n) is 1.35. The number of rotatable bonds is 1. The molecule has 0 saturated heterocycles. The SMILES string of the molecule is O=c1cccc(-c2nn[nH]n2)[nH]1. The van der Waals surface area contributed by atoms with Gasteiger partial charge in [-0.05, 0) is 11.3 Å². The van der Waals surface area contributed by atoms with Gasteiger partial charge in [0.25, 0.3) is 0 Å². The maximum atomic E-state index is 10.8. The number of nitrogens with zero attached hydrogens (tertiary/aromatic N) is 3. The van der Waals surface area contributed by atoms with Crippen LogP contribution >= 0.6 is 0 Å². The van der Waals surface area contributed by atoms with Gasteiger partial charge in [-0.3, -0.25) is 4.79 Å². The number of H-pyrrole nitrogens is 2. The molecule has 12 heavy (non-hydrogen) atoms. The average molecular weight is 163 g/mol. The molecular formula is C6H5N5O. The molecule has 6 nitrogen and oxygen atoms in total. The van der Waals surface area contributed by atoms with E-state index in [1.54, 1.807) is 12.1 Å². The van der Waals surface area contributed by atoms with E-state index in [0.29, 0.717) is 11.5 Å². The third kappa shape index (κ3) is 1.09. The van der Waals surface area contributed by atoms with Gasteiger partial charge < -0.3 is 4.98 Å². The largest absolute Gasteiger partial charge is 0.319 e. The Morgan fingerprint density at radius 3 is 2.92 bits per heavy atom. The van der Waals surface area contributed by atoms with Crippen LogP contribution in [0.4, 0.5) is 0 Å². The Kier molecular flexibility index (Phi) is 1.44. The fourth-order valence-electron chi connectivity index (χ4n) is 0.854. The van der Waals surface area contributed by atoms with Gasteiger partial charge in [-0.1, -0.05) is 6.07 Å². The summed E-state index contributed by atoms with van der Waals surface area (Å²) in [5, 5.41) is 13.1. The zero-order valence-corrected chi connectivity index (χ0v) is 5.98. The van der Waals surface area contributed by atoms with Crippen molar-refractivity contribution in [2.45, 2.75) is 0 Å². The van der Waals surface area contributed by atoms with Gasteiger partial charge in [-0.15, -0.1) is 10.2 Å². The number of pyridine rings is 1. The quantitative estimate of drug-likeness (QED) is 0.596. The van der Waals surface area contributed by atoms with Crippen LogP contribution in [0.2, 0.25) is 0 Å². The summed E-state index contributed by atoms with van der Waals surface area (Å²) in [6.07, 6.45) is 0. The fraction of sp³-hybridized carbons (Fsp3) is 0. The van der Waals surface area contributed by atoms with Crippen molar-refractivity contribution < 1.29 is 0 Å². The van der Waals surface area contributed by atoms with Crippen LogP contribution in [0.5, 0.6) is 0 Å². The molecule has 0 radical (unpaired) electrons. The standard InChI is InChI=1S/C6H5N5O/c12-5-3-1-2-4(7-5)6-8-10-11-9-6/h1-3H,(H,7,12)(H,8,9,10,11). The van der Waals surface area contributed by atoms with E-state index in [1.165, 1.54) is 6.07 Å². The molecule has 0 bridgehead atoms. The van der Waals surface area contributed by atoms with Crippen LogP contribution in [-0.4, -0.2) is 25.6 Å². The smallest absolute Gasteiger partial charge is 0.248 e. The lowest BCUT2D eigenvalue weighted by molar-refractivity contribution is 0.881. The first-order chi connectivity index (χ1) is 5.86. The van der Waals surface area contributed by atoms with Crippen molar-refractivity contribution >= 4 is 0 Å². The van der Waals surface area contributed by atoms with Crippen LogP contribution in [0.1, 0.15) is 0 Å². The van der Waals surface area contributed by atoms with Crippen molar-refractivity contribution in [3.8, 4) is 11.5 Å². The molecule has 6 heteroatoms. The molecular weight excluding hydrogens is 158 g/mol. The molecule has 0 unspecified atom stereocenters.